The predicted octanol–water partition coefficient (Wildman–Crippen LogP) is 3.78. The Hall–Kier alpha value is -1.46. The number of fused-ring (bicyclic) bond motifs is 1. The van der Waals surface area contributed by atoms with E-state index in [1.165, 1.54) is 0 Å². The van der Waals surface area contributed by atoms with E-state index < -0.39 is 0 Å². The molecule has 0 aromatic carbocycles. The normalized spacial score (nSPS) is 12.9. The molecule has 0 bridgehead atoms. The number of nitrogens with zero attached hydrogens (tertiary/aromatic N) is 4. The lowest BCUT2D eigenvalue weighted by Crippen LogP contribution is -2.11. The summed E-state index contributed by atoms with van der Waals surface area (Å²) in [7, 11) is 0. The van der Waals surface area contributed by atoms with Gasteiger partial charge in [0, 0.05) is 42.0 Å². The van der Waals surface area contributed by atoms with E-state index in [0.717, 1.165) is 40.7 Å². The number of rotatable bonds is 5. The number of thiazole rings is 1. The van der Waals surface area contributed by atoms with Gasteiger partial charge in [-0.1, -0.05) is 6.92 Å². The van der Waals surface area contributed by atoms with Gasteiger partial charge in [0.15, 0.2) is 5.65 Å². The van der Waals surface area contributed by atoms with Crippen LogP contribution < -0.4 is 0 Å². The van der Waals surface area contributed by atoms with Crippen molar-refractivity contribution < 1.29 is 0 Å². The molecule has 0 aliphatic heterocycles. The van der Waals surface area contributed by atoms with Crippen LogP contribution in [0.3, 0.4) is 0 Å². The lowest BCUT2D eigenvalue weighted by Gasteiger charge is -2.12. The molecule has 0 spiro atoms. The SMILES string of the molecule is Cc1ccc2nc(CCCl)n(CC(C)c3nccs3)c2n1. The lowest BCUT2D eigenvalue weighted by molar-refractivity contribution is 0.582. The topological polar surface area (TPSA) is 43.6 Å². The highest BCUT2D eigenvalue weighted by molar-refractivity contribution is 7.09. The van der Waals surface area contributed by atoms with E-state index in [2.05, 4.69) is 26.4 Å². The van der Waals surface area contributed by atoms with Gasteiger partial charge in [0.05, 0.1) is 5.01 Å². The summed E-state index contributed by atoms with van der Waals surface area (Å²) in [6.45, 7) is 5.01. The molecule has 1 atom stereocenters. The fraction of sp³-hybridized carbons (Fsp3) is 0.400. The highest BCUT2D eigenvalue weighted by Gasteiger charge is 2.16. The van der Waals surface area contributed by atoms with Gasteiger partial charge >= 0.3 is 0 Å². The zero-order chi connectivity index (χ0) is 14.8. The molecule has 4 nitrogen and oxygen atoms in total. The molecule has 0 saturated heterocycles. The molecule has 0 aliphatic carbocycles. The van der Waals surface area contributed by atoms with Crippen molar-refractivity contribution in [1.29, 1.82) is 0 Å². The summed E-state index contributed by atoms with van der Waals surface area (Å²) in [5, 5.41) is 3.15. The largest absolute Gasteiger partial charge is 0.312 e. The Kier molecular flexibility index (Phi) is 4.22. The first kappa shape index (κ1) is 14.5. The Morgan fingerprint density at radius 2 is 2.19 bits per heavy atom. The summed E-state index contributed by atoms with van der Waals surface area (Å²) >= 11 is 7.61. The van der Waals surface area contributed by atoms with Crippen LogP contribution in [0.1, 0.15) is 29.4 Å². The van der Waals surface area contributed by atoms with Gasteiger partial charge in [-0.05, 0) is 19.1 Å². The number of aryl methyl sites for hydroxylation is 2. The van der Waals surface area contributed by atoms with E-state index in [1.807, 2.05) is 30.6 Å². The summed E-state index contributed by atoms with van der Waals surface area (Å²) in [4.78, 5) is 13.7. The highest BCUT2D eigenvalue weighted by Crippen LogP contribution is 2.23. The minimum atomic E-state index is 0.332. The van der Waals surface area contributed by atoms with Crippen molar-refractivity contribution in [3.8, 4) is 0 Å². The molecule has 0 aliphatic rings. The Balaban J connectivity index is 2.02. The molecule has 3 aromatic heterocycles. The second kappa shape index (κ2) is 6.12. The number of alkyl halides is 1. The second-order valence-electron chi connectivity index (χ2n) is 5.14. The smallest absolute Gasteiger partial charge is 0.160 e. The molecule has 110 valence electrons. The predicted molar refractivity (Wildman–Crippen MR) is 87.2 cm³/mol. The van der Waals surface area contributed by atoms with E-state index in [0.29, 0.717) is 11.8 Å². The molecule has 3 aromatic rings. The molecule has 1 unspecified atom stereocenters. The van der Waals surface area contributed by atoms with Crippen molar-refractivity contribution in [1.82, 2.24) is 19.5 Å². The van der Waals surface area contributed by atoms with Crippen LogP contribution in [-0.4, -0.2) is 25.4 Å². The molecule has 6 heteroatoms. The van der Waals surface area contributed by atoms with Crippen LogP contribution in [-0.2, 0) is 13.0 Å². The van der Waals surface area contributed by atoms with Gasteiger partial charge in [-0.25, -0.2) is 15.0 Å². The second-order valence-corrected chi connectivity index (χ2v) is 6.45. The van der Waals surface area contributed by atoms with Gasteiger partial charge in [0.25, 0.3) is 0 Å². The van der Waals surface area contributed by atoms with Gasteiger partial charge in [-0.15, -0.1) is 22.9 Å². The van der Waals surface area contributed by atoms with Crippen LogP contribution in [0.25, 0.3) is 11.2 Å². The number of hydrogen-bond acceptors (Lipinski definition) is 4. The highest BCUT2D eigenvalue weighted by atomic mass is 35.5. The zero-order valence-electron chi connectivity index (χ0n) is 12.1. The van der Waals surface area contributed by atoms with Crippen LogP contribution >= 0.6 is 22.9 Å². The van der Waals surface area contributed by atoms with Crippen LogP contribution in [0.5, 0.6) is 0 Å². The van der Waals surface area contributed by atoms with Gasteiger partial charge in [-0.3, -0.25) is 0 Å². The lowest BCUT2D eigenvalue weighted by atomic mass is 10.2. The van der Waals surface area contributed by atoms with Gasteiger partial charge in [-0.2, -0.15) is 0 Å². The minimum absolute atomic E-state index is 0.332. The van der Waals surface area contributed by atoms with E-state index in [9.17, 15) is 0 Å². The van der Waals surface area contributed by atoms with Gasteiger partial charge in [0.2, 0.25) is 0 Å². The maximum absolute atomic E-state index is 5.92. The summed E-state index contributed by atoms with van der Waals surface area (Å²) < 4.78 is 2.19. The van der Waals surface area contributed by atoms with Crippen molar-refractivity contribution in [2.75, 3.05) is 5.88 Å². The Labute approximate surface area is 132 Å². The molecule has 0 saturated carbocycles. The standard InChI is InChI=1S/C15H17ClN4S/c1-10(15-17-7-8-21-15)9-20-13(5-6-16)19-12-4-3-11(2)18-14(12)20/h3-4,7-8,10H,5-6,9H2,1-2H3. The van der Waals surface area contributed by atoms with E-state index in [4.69, 9.17) is 11.6 Å². The van der Waals surface area contributed by atoms with E-state index in [-0.39, 0.29) is 0 Å². The molecular formula is C15H17ClN4S. The number of aromatic nitrogens is 4. The van der Waals surface area contributed by atoms with E-state index in [1.54, 1.807) is 11.3 Å². The van der Waals surface area contributed by atoms with Crippen LogP contribution in [0.2, 0.25) is 0 Å². The monoisotopic (exact) mass is 320 g/mol. The summed E-state index contributed by atoms with van der Waals surface area (Å²) in [5.41, 5.74) is 2.88. The third-order valence-corrected chi connectivity index (χ3v) is 4.65. The molecule has 0 fully saturated rings. The van der Waals surface area contributed by atoms with Crippen molar-refractivity contribution in [3.05, 3.63) is 40.2 Å². The van der Waals surface area contributed by atoms with Crippen molar-refractivity contribution in [2.24, 2.45) is 0 Å². The van der Waals surface area contributed by atoms with E-state index >= 15 is 0 Å². The number of halogens is 1. The first-order valence-corrected chi connectivity index (χ1v) is 8.38. The zero-order valence-corrected chi connectivity index (χ0v) is 13.7. The van der Waals surface area contributed by atoms with Gasteiger partial charge < -0.3 is 4.57 Å². The van der Waals surface area contributed by atoms with Crippen LogP contribution in [0, 0.1) is 6.92 Å². The summed E-state index contributed by atoms with van der Waals surface area (Å²) in [6, 6.07) is 4.02. The fourth-order valence-corrected chi connectivity index (χ4v) is 3.30. The average molecular weight is 321 g/mol. The molecule has 21 heavy (non-hydrogen) atoms. The molecule has 0 radical (unpaired) electrons. The molecule has 0 N–H and O–H groups in total. The van der Waals surface area contributed by atoms with Crippen molar-refractivity contribution >= 4 is 34.1 Å². The Bertz CT molecular complexity index is 736. The third kappa shape index (κ3) is 2.94. The number of hydrogen-bond donors (Lipinski definition) is 0. The van der Waals surface area contributed by atoms with Gasteiger partial charge in [0.1, 0.15) is 11.3 Å². The number of imidazole rings is 1. The maximum atomic E-state index is 5.92. The Morgan fingerprint density at radius 1 is 1.33 bits per heavy atom. The first-order chi connectivity index (χ1) is 10.2. The average Bonchev–Trinajstić information content (AvgIpc) is 3.09. The molecular weight excluding hydrogens is 304 g/mol. The first-order valence-electron chi connectivity index (χ1n) is 6.97. The Morgan fingerprint density at radius 3 is 2.90 bits per heavy atom. The maximum Gasteiger partial charge on any atom is 0.160 e. The molecule has 3 heterocycles. The quantitative estimate of drug-likeness (QED) is 0.672. The fourth-order valence-electron chi connectivity index (χ4n) is 2.44. The van der Waals surface area contributed by atoms with Crippen LogP contribution in [0.4, 0.5) is 0 Å². The number of pyridine rings is 1. The van der Waals surface area contributed by atoms with Crippen molar-refractivity contribution in [3.63, 3.8) is 0 Å². The minimum Gasteiger partial charge on any atom is -0.312 e. The third-order valence-electron chi connectivity index (χ3n) is 3.46. The molecule has 3 rings (SSSR count). The van der Waals surface area contributed by atoms with Crippen molar-refractivity contribution in [2.45, 2.75) is 32.7 Å². The molecule has 0 amide bonds. The summed E-state index contributed by atoms with van der Waals surface area (Å²) in [5.74, 6) is 1.90. The van der Waals surface area contributed by atoms with Crippen LogP contribution in [0.15, 0.2) is 23.7 Å². The summed E-state index contributed by atoms with van der Waals surface area (Å²) in [6.07, 6.45) is 2.60.